The summed E-state index contributed by atoms with van der Waals surface area (Å²) >= 11 is 0. The van der Waals surface area contributed by atoms with Crippen LogP contribution in [0.4, 0.5) is 24.5 Å². The minimum Gasteiger partial charge on any atom is -0.399 e. The molecule has 0 spiro atoms. The number of nitrogens with one attached hydrogen (secondary N) is 1. The first kappa shape index (κ1) is 16.3. The zero-order chi connectivity index (χ0) is 15.1. The highest BCUT2D eigenvalue weighted by molar-refractivity contribution is 5.92. The van der Waals surface area contributed by atoms with Crippen molar-refractivity contribution in [3.05, 3.63) is 24.0 Å². The van der Waals surface area contributed by atoms with Gasteiger partial charge in [0, 0.05) is 12.2 Å². The van der Waals surface area contributed by atoms with Crippen molar-refractivity contribution in [2.75, 3.05) is 37.3 Å². The molecule has 1 rings (SSSR count). The third kappa shape index (κ3) is 5.45. The van der Waals surface area contributed by atoms with E-state index in [4.69, 9.17) is 10.8 Å². The van der Waals surface area contributed by atoms with Gasteiger partial charge in [-0.25, -0.2) is 13.2 Å². The van der Waals surface area contributed by atoms with E-state index in [0.29, 0.717) is 0 Å². The summed E-state index contributed by atoms with van der Waals surface area (Å²) in [4.78, 5) is 12.7. The first-order chi connectivity index (χ1) is 9.42. The fourth-order valence-corrected chi connectivity index (χ4v) is 1.60. The molecule has 1 aromatic rings. The number of anilines is 2. The van der Waals surface area contributed by atoms with Crippen molar-refractivity contribution in [1.29, 1.82) is 0 Å². The number of carbonyl (C=O) groups excluding carboxylic acids is 1. The van der Waals surface area contributed by atoms with Crippen LogP contribution in [0, 0.1) is 5.82 Å². The van der Waals surface area contributed by atoms with Gasteiger partial charge in [-0.3, -0.25) is 9.69 Å². The highest BCUT2D eigenvalue weighted by Gasteiger charge is 2.16. The number of hydrogen-bond donors (Lipinski definition) is 3. The Morgan fingerprint density at radius 2 is 2.15 bits per heavy atom. The summed E-state index contributed by atoms with van der Waals surface area (Å²) in [5, 5.41) is 11.0. The molecule has 0 heterocycles. The molecule has 0 fully saturated rings. The van der Waals surface area contributed by atoms with Gasteiger partial charge in [0.25, 0.3) is 6.43 Å². The summed E-state index contributed by atoms with van der Waals surface area (Å²) in [6, 6.07) is 3.66. The van der Waals surface area contributed by atoms with E-state index in [-0.39, 0.29) is 31.1 Å². The van der Waals surface area contributed by atoms with Crippen LogP contribution in [0.15, 0.2) is 18.2 Å². The van der Waals surface area contributed by atoms with Gasteiger partial charge < -0.3 is 16.2 Å². The highest BCUT2D eigenvalue weighted by Crippen LogP contribution is 2.17. The number of carbonyl (C=O) groups is 1. The fourth-order valence-electron chi connectivity index (χ4n) is 1.60. The fraction of sp³-hybridized carbons (Fsp3) is 0.417. The van der Waals surface area contributed by atoms with Crippen LogP contribution in [-0.2, 0) is 4.79 Å². The largest absolute Gasteiger partial charge is 0.399 e. The number of hydrogen-bond acceptors (Lipinski definition) is 4. The number of nitrogens with zero attached hydrogens (tertiary/aromatic N) is 1. The minimum absolute atomic E-state index is 0.0723. The van der Waals surface area contributed by atoms with E-state index in [2.05, 4.69) is 5.32 Å². The summed E-state index contributed by atoms with van der Waals surface area (Å²) in [6.07, 6.45) is -2.63. The lowest BCUT2D eigenvalue weighted by Gasteiger charge is -2.20. The molecular weight excluding hydrogens is 275 g/mol. The molecule has 8 heteroatoms. The molecule has 5 nitrogen and oxygen atoms in total. The van der Waals surface area contributed by atoms with Crippen molar-refractivity contribution in [3.63, 3.8) is 0 Å². The third-order valence-electron chi connectivity index (χ3n) is 2.44. The Bertz CT molecular complexity index is 458. The second-order valence-electron chi connectivity index (χ2n) is 4.14. The molecule has 0 saturated carbocycles. The summed E-state index contributed by atoms with van der Waals surface area (Å²) in [5.74, 6) is -1.33. The average Bonchev–Trinajstić information content (AvgIpc) is 2.33. The van der Waals surface area contributed by atoms with Crippen LogP contribution in [0.5, 0.6) is 0 Å². The zero-order valence-corrected chi connectivity index (χ0v) is 10.7. The van der Waals surface area contributed by atoms with E-state index in [0.717, 1.165) is 11.0 Å². The van der Waals surface area contributed by atoms with E-state index < -0.39 is 24.7 Å². The second kappa shape index (κ2) is 7.71. The van der Waals surface area contributed by atoms with Crippen molar-refractivity contribution in [2.45, 2.75) is 6.43 Å². The average molecular weight is 291 g/mol. The zero-order valence-electron chi connectivity index (χ0n) is 10.7. The van der Waals surface area contributed by atoms with Gasteiger partial charge in [0.1, 0.15) is 5.82 Å². The molecular formula is C12H16F3N3O2. The number of rotatable bonds is 7. The van der Waals surface area contributed by atoms with Crippen LogP contribution >= 0.6 is 0 Å². The Morgan fingerprint density at radius 1 is 1.45 bits per heavy atom. The number of aliphatic hydroxyl groups excluding tert-OH is 1. The van der Waals surface area contributed by atoms with Gasteiger partial charge in [-0.05, 0) is 18.2 Å². The molecule has 0 bridgehead atoms. The summed E-state index contributed by atoms with van der Waals surface area (Å²) in [7, 11) is 0. The molecule has 0 radical (unpaired) electrons. The predicted molar refractivity (Wildman–Crippen MR) is 69.0 cm³/mol. The molecule has 112 valence electrons. The first-order valence-corrected chi connectivity index (χ1v) is 5.88. The molecule has 0 unspecified atom stereocenters. The normalized spacial score (nSPS) is 11.1. The highest BCUT2D eigenvalue weighted by atomic mass is 19.3. The Labute approximate surface area is 114 Å². The topological polar surface area (TPSA) is 78.6 Å². The van der Waals surface area contributed by atoms with Gasteiger partial charge in [0.05, 0.1) is 25.4 Å². The molecule has 0 aromatic heterocycles. The van der Waals surface area contributed by atoms with Gasteiger partial charge in [-0.15, -0.1) is 0 Å². The molecule has 0 aliphatic carbocycles. The molecule has 4 N–H and O–H groups in total. The smallest absolute Gasteiger partial charge is 0.251 e. The quantitative estimate of drug-likeness (QED) is 0.652. The van der Waals surface area contributed by atoms with Crippen LogP contribution in [-0.4, -0.2) is 48.6 Å². The van der Waals surface area contributed by atoms with Gasteiger partial charge in [-0.2, -0.15) is 0 Å². The van der Waals surface area contributed by atoms with Gasteiger partial charge in [0.15, 0.2) is 0 Å². The van der Waals surface area contributed by atoms with E-state index in [9.17, 15) is 18.0 Å². The monoisotopic (exact) mass is 291 g/mol. The van der Waals surface area contributed by atoms with Crippen LogP contribution in [0.3, 0.4) is 0 Å². The maximum absolute atomic E-state index is 13.4. The molecule has 0 aliphatic heterocycles. The van der Waals surface area contributed by atoms with E-state index in [1.807, 2.05) is 0 Å². The van der Waals surface area contributed by atoms with E-state index in [1.165, 1.54) is 12.1 Å². The number of nitrogens with two attached hydrogens (primary N) is 1. The third-order valence-corrected chi connectivity index (χ3v) is 2.44. The van der Waals surface area contributed by atoms with Crippen molar-refractivity contribution in [2.24, 2.45) is 0 Å². The standard InChI is InChI=1S/C12H16F3N3O2/c13-9-2-1-8(16)5-10(9)17-12(20)7-18(3-4-19)6-11(14)15/h1-2,5,11,19H,3-4,6-7,16H2,(H,17,20). The predicted octanol–water partition coefficient (Wildman–Crippen LogP) is 0.906. The number of halogens is 3. The van der Waals surface area contributed by atoms with Crippen molar-refractivity contribution >= 4 is 17.3 Å². The van der Waals surface area contributed by atoms with Gasteiger partial charge in [-0.1, -0.05) is 0 Å². The Kier molecular flexibility index (Phi) is 6.26. The maximum Gasteiger partial charge on any atom is 0.251 e. The van der Waals surface area contributed by atoms with Crippen LogP contribution in [0.1, 0.15) is 0 Å². The first-order valence-electron chi connectivity index (χ1n) is 5.88. The second-order valence-corrected chi connectivity index (χ2v) is 4.14. The summed E-state index contributed by atoms with van der Waals surface area (Å²) < 4.78 is 37.9. The number of amides is 1. The number of aliphatic hydroxyl groups is 1. The van der Waals surface area contributed by atoms with E-state index in [1.54, 1.807) is 0 Å². The lowest BCUT2D eigenvalue weighted by atomic mass is 10.2. The maximum atomic E-state index is 13.4. The minimum atomic E-state index is -2.63. The van der Waals surface area contributed by atoms with Crippen molar-refractivity contribution in [1.82, 2.24) is 4.90 Å². The number of nitrogen functional groups attached to an aromatic ring is 1. The molecule has 0 aliphatic rings. The lowest BCUT2D eigenvalue weighted by molar-refractivity contribution is -0.117. The van der Waals surface area contributed by atoms with Crippen molar-refractivity contribution in [3.8, 4) is 0 Å². The van der Waals surface area contributed by atoms with Crippen LogP contribution < -0.4 is 11.1 Å². The number of alkyl halides is 2. The molecule has 1 amide bonds. The van der Waals surface area contributed by atoms with Gasteiger partial charge in [0.2, 0.25) is 5.91 Å². The molecule has 0 saturated heterocycles. The Balaban J connectivity index is 2.62. The van der Waals surface area contributed by atoms with Gasteiger partial charge >= 0.3 is 0 Å². The SMILES string of the molecule is Nc1ccc(F)c(NC(=O)CN(CCO)CC(F)F)c1. The molecule has 0 atom stereocenters. The van der Waals surface area contributed by atoms with Crippen molar-refractivity contribution < 1.29 is 23.1 Å². The Hall–Kier alpha value is -1.80. The Morgan fingerprint density at radius 3 is 2.75 bits per heavy atom. The summed E-state index contributed by atoms with van der Waals surface area (Å²) in [5.41, 5.74) is 5.61. The number of benzene rings is 1. The molecule has 20 heavy (non-hydrogen) atoms. The molecule has 1 aromatic carbocycles. The summed E-state index contributed by atoms with van der Waals surface area (Å²) in [6.45, 7) is -1.45. The van der Waals surface area contributed by atoms with E-state index >= 15 is 0 Å². The van der Waals surface area contributed by atoms with Crippen LogP contribution in [0.25, 0.3) is 0 Å². The lowest BCUT2D eigenvalue weighted by Crippen LogP contribution is -2.38. The van der Waals surface area contributed by atoms with Crippen LogP contribution in [0.2, 0.25) is 0 Å².